The van der Waals surface area contributed by atoms with Crippen LogP contribution in [0.3, 0.4) is 0 Å². The first kappa shape index (κ1) is 21.3. The van der Waals surface area contributed by atoms with Crippen LogP contribution < -0.4 is 4.74 Å². The highest BCUT2D eigenvalue weighted by atomic mass is 32.1. The molecule has 6 heteroatoms. The zero-order valence-electron chi connectivity index (χ0n) is 19.3. The second-order valence-electron chi connectivity index (χ2n) is 9.48. The first-order valence-corrected chi connectivity index (χ1v) is 12.7. The van der Waals surface area contributed by atoms with Crippen molar-refractivity contribution in [2.75, 3.05) is 6.61 Å². The molecule has 2 aromatic carbocycles. The fraction of sp³-hybridized carbons (Fsp3) is 0.321. The summed E-state index contributed by atoms with van der Waals surface area (Å²) in [6, 6.07) is 20.5. The summed E-state index contributed by atoms with van der Waals surface area (Å²) in [5.74, 6) is 1.65. The van der Waals surface area contributed by atoms with Crippen LogP contribution in [-0.4, -0.2) is 39.5 Å². The van der Waals surface area contributed by atoms with E-state index < -0.39 is 0 Å². The number of hydrogen-bond acceptors (Lipinski definition) is 5. The van der Waals surface area contributed by atoms with Gasteiger partial charge >= 0.3 is 0 Å². The third-order valence-corrected chi connectivity index (χ3v) is 8.49. The number of pyridine rings is 1. The molecule has 0 radical (unpaired) electrons. The normalized spacial score (nSPS) is 23.5. The highest BCUT2D eigenvalue weighted by Crippen LogP contribution is 2.47. The van der Waals surface area contributed by atoms with Crippen molar-refractivity contribution in [3.05, 3.63) is 77.6 Å². The molecule has 4 heterocycles. The molecular formula is C28H27N3O2S. The fourth-order valence-electron chi connectivity index (χ4n) is 5.47. The second-order valence-corrected chi connectivity index (χ2v) is 10.7. The lowest BCUT2D eigenvalue weighted by molar-refractivity contribution is -0.0676. The standard InChI is InChI=1S/C28H27N3O2S/c1-17-22-12-23(13-22)31(24(17)16-33-25-14-20-10-6-7-11-21(20)15-29-25)28(32)26-27(34-18(2)30-26)19-8-4-3-5-9-19/h3-11,14-15,17,22-24H,12-13,16H2,1-2H3/t17-,22?,23?,24-/m1/s1. The van der Waals surface area contributed by atoms with Crippen LogP contribution in [0.4, 0.5) is 0 Å². The van der Waals surface area contributed by atoms with Crippen molar-refractivity contribution >= 4 is 28.0 Å². The maximum atomic E-state index is 14.0. The van der Waals surface area contributed by atoms with Gasteiger partial charge in [-0.1, -0.05) is 61.5 Å². The molecule has 2 aromatic heterocycles. The summed E-state index contributed by atoms with van der Waals surface area (Å²) in [5, 5.41) is 3.10. The minimum atomic E-state index is 0.00361. The molecule has 1 amide bonds. The summed E-state index contributed by atoms with van der Waals surface area (Å²) >= 11 is 1.59. The quantitative estimate of drug-likeness (QED) is 0.361. The molecule has 172 valence electrons. The zero-order valence-corrected chi connectivity index (χ0v) is 20.2. The minimum absolute atomic E-state index is 0.00361. The number of aryl methyl sites for hydroxylation is 1. The molecule has 0 spiro atoms. The van der Waals surface area contributed by atoms with E-state index in [0.29, 0.717) is 30.0 Å². The number of benzene rings is 2. The fourth-order valence-corrected chi connectivity index (χ4v) is 6.38. The van der Waals surface area contributed by atoms with Crippen LogP contribution in [-0.2, 0) is 0 Å². The van der Waals surface area contributed by atoms with E-state index in [0.717, 1.165) is 39.1 Å². The van der Waals surface area contributed by atoms with E-state index in [4.69, 9.17) is 9.72 Å². The van der Waals surface area contributed by atoms with E-state index in [1.165, 1.54) is 0 Å². The van der Waals surface area contributed by atoms with Crippen molar-refractivity contribution in [2.24, 2.45) is 11.8 Å². The molecule has 2 aliphatic heterocycles. The summed E-state index contributed by atoms with van der Waals surface area (Å²) in [5.41, 5.74) is 1.61. The predicted octanol–water partition coefficient (Wildman–Crippen LogP) is 5.98. The van der Waals surface area contributed by atoms with Crippen LogP contribution in [0.5, 0.6) is 5.88 Å². The van der Waals surface area contributed by atoms with Crippen LogP contribution in [0.2, 0.25) is 0 Å². The third-order valence-electron chi connectivity index (χ3n) is 7.47. The molecule has 7 rings (SSSR count). The lowest BCUT2D eigenvalue weighted by Crippen LogP contribution is -2.64. The molecule has 3 aliphatic rings. The van der Waals surface area contributed by atoms with Gasteiger partial charge in [-0.25, -0.2) is 9.97 Å². The van der Waals surface area contributed by atoms with Gasteiger partial charge in [-0.15, -0.1) is 11.3 Å². The predicted molar refractivity (Wildman–Crippen MR) is 135 cm³/mol. The van der Waals surface area contributed by atoms with Crippen LogP contribution in [0.1, 0.15) is 35.3 Å². The van der Waals surface area contributed by atoms with Gasteiger partial charge in [0.1, 0.15) is 12.3 Å². The molecule has 0 unspecified atom stereocenters. The van der Waals surface area contributed by atoms with Crippen LogP contribution in [0.15, 0.2) is 66.9 Å². The topological polar surface area (TPSA) is 55.3 Å². The summed E-state index contributed by atoms with van der Waals surface area (Å²) in [6.45, 7) is 4.67. The van der Waals surface area contributed by atoms with Crippen molar-refractivity contribution in [1.29, 1.82) is 0 Å². The van der Waals surface area contributed by atoms with Crippen molar-refractivity contribution in [2.45, 2.75) is 38.8 Å². The number of rotatable bonds is 5. The number of hydrogen-bond donors (Lipinski definition) is 0. The number of thiazole rings is 1. The Morgan fingerprint density at radius 3 is 2.62 bits per heavy atom. The Balaban J connectivity index is 1.29. The number of carbonyl (C=O) groups excluding carboxylic acids is 1. The Bertz CT molecular complexity index is 1350. The Hall–Kier alpha value is -3.25. The number of piperidine rings is 2. The summed E-state index contributed by atoms with van der Waals surface area (Å²) < 4.78 is 6.21. The summed E-state index contributed by atoms with van der Waals surface area (Å²) in [7, 11) is 0. The molecule has 1 saturated carbocycles. The molecular weight excluding hydrogens is 442 g/mol. The Labute approximate surface area is 203 Å². The number of aromatic nitrogens is 2. The van der Waals surface area contributed by atoms with Gasteiger partial charge in [-0.05, 0) is 42.6 Å². The van der Waals surface area contributed by atoms with Crippen LogP contribution in [0, 0.1) is 18.8 Å². The molecule has 2 saturated heterocycles. The Morgan fingerprint density at radius 2 is 1.82 bits per heavy atom. The van der Waals surface area contributed by atoms with Crippen molar-refractivity contribution < 1.29 is 9.53 Å². The molecule has 2 bridgehead atoms. The number of fused-ring (bicyclic) bond motifs is 3. The van der Waals surface area contributed by atoms with Crippen molar-refractivity contribution in [3.8, 4) is 16.3 Å². The van der Waals surface area contributed by atoms with Gasteiger partial charge in [0.2, 0.25) is 5.88 Å². The Morgan fingerprint density at radius 1 is 1.09 bits per heavy atom. The van der Waals surface area contributed by atoms with Crippen molar-refractivity contribution in [1.82, 2.24) is 14.9 Å². The first-order valence-electron chi connectivity index (χ1n) is 11.9. The number of ether oxygens (including phenoxy) is 1. The smallest absolute Gasteiger partial charge is 0.274 e. The maximum absolute atomic E-state index is 14.0. The number of carbonyl (C=O) groups is 1. The first-order chi connectivity index (χ1) is 16.6. The van der Waals surface area contributed by atoms with E-state index in [1.807, 2.05) is 67.7 Å². The van der Waals surface area contributed by atoms with Gasteiger partial charge < -0.3 is 9.64 Å². The molecule has 0 N–H and O–H groups in total. The van der Waals surface area contributed by atoms with Gasteiger partial charge in [0.25, 0.3) is 5.91 Å². The van der Waals surface area contributed by atoms with Gasteiger partial charge in [0.15, 0.2) is 0 Å². The lowest BCUT2D eigenvalue weighted by atomic mass is 9.64. The lowest BCUT2D eigenvalue weighted by Gasteiger charge is -2.56. The van der Waals surface area contributed by atoms with E-state index in [-0.39, 0.29) is 18.0 Å². The molecule has 34 heavy (non-hydrogen) atoms. The van der Waals surface area contributed by atoms with E-state index in [2.05, 4.69) is 22.9 Å². The SMILES string of the molecule is Cc1nc(C(=O)N2C3CC(C3)[C@@H](C)[C@H]2COc2cc3ccccc3cn2)c(-c2ccccc2)s1. The Kier molecular flexibility index (Phi) is 5.33. The van der Waals surface area contributed by atoms with Crippen LogP contribution in [0.25, 0.3) is 21.2 Å². The van der Waals surface area contributed by atoms with E-state index >= 15 is 0 Å². The second kappa shape index (κ2) is 8.51. The average Bonchev–Trinajstić information content (AvgIpc) is 3.23. The van der Waals surface area contributed by atoms with Gasteiger partial charge in [0.05, 0.1) is 15.9 Å². The molecule has 3 fully saturated rings. The average molecular weight is 470 g/mol. The van der Waals surface area contributed by atoms with Gasteiger partial charge in [0, 0.05) is 23.7 Å². The highest BCUT2D eigenvalue weighted by Gasteiger charge is 2.51. The number of nitrogens with zero attached hydrogens (tertiary/aromatic N) is 3. The maximum Gasteiger partial charge on any atom is 0.274 e. The molecule has 1 aliphatic carbocycles. The molecule has 2 atom stereocenters. The molecule has 4 aromatic rings. The zero-order chi connectivity index (χ0) is 23.2. The highest BCUT2D eigenvalue weighted by molar-refractivity contribution is 7.15. The third kappa shape index (κ3) is 3.66. The minimum Gasteiger partial charge on any atom is -0.475 e. The van der Waals surface area contributed by atoms with E-state index in [1.54, 1.807) is 11.3 Å². The van der Waals surface area contributed by atoms with Gasteiger partial charge in [-0.3, -0.25) is 4.79 Å². The van der Waals surface area contributed by atoms with E-state index in [9.17, 15) is 4.79 Å². The van der Waals surface area contributed by atoms with Gasteiger partial charge in [-0.2, -0.15) is 0 Å². The largest absolute Gasteiger partial charge is 0.475 e. The molecule has 5 nitrogen and oxygen atoms in total. The number of amides is 1. The van der Waals surface area contributed by atoms with Crippen molar-refractivity contribution in [3.63, 3.8) is 0 Å². The summed E-state index contributed by atoms with van der Waals surface area (Å²) in [6.07, 6.45) is 3.99. The van der Waals surface area contributed by atoms with Crippen LogP contribution >= 0.6 is 11.3 Å². The monoisotopic (exact) mass is 469 g/mol. The summed E-state index contributed by atoms with van der Waals surface area (Å²) in [4.78, 5) is 26.2.